The molecule has 0 fully saturated rings. The highest BCUT2D eigenvalue weighted by Crippen LogP contribution is 2.57. The Balaban J connectivity index is 2.36. The summed E-state index contributed by atoms with van der Waals surface area (Å²) < 4.78 is 15.9. The second kappa shape index (κ2) is 5.45. The number of benzene rings is 1. The Morgan fingerprint density at radius 1 is 1.29 bits per heavy atom. The van der Waals surface area contributed by atoms with Crippen molar-refractivity contribution in [1.82, 2.24) is 0 Å². The van der Waals surface area contributed by atoms with Gasteiger partial charge in [-0.2, -0.15) is 0 Å². The van der Waals surface area contributed by atoms with E-state index in [-0.39, 0.29) is 0 Å². The van der Waals surface area contributed by atoms with Crippen molar-refractivity contribution >= 4 is 28.3 Å². The summed E-state index contributed by atoms with van der Waals surface area (Å²) in [5, 5.41) is 0. The quantitative estimate of drug-likeness (QED) is 0.587. The van der Waals surface area contributed by atoms with Gasteiger partial charge in [0.1, 0.15) is 6.61 Å². The Hall–Kier alpha value is -0.430. The number of ether oxygens (including phenoxy) is 1. The zero-order chi connectivity index (χ0) is 10.4. The summed E-state index contributed by atoms with van der Waals surface area (Å²) in [6.45, 7) is 0.408. The van der Waals surface area contributed by atoms with Crippen LogP contribution in [0.4, 0.5) is 0 Å². The van der Waals surface area contributed by atoms with Crippen molar-refractivity contribution in [2.75, 3.05) is 0 Å². The van der Waals surface area contributed by atoms with Crippen molar-refractivity contribution in [1.29, 1.82) is 0 Å². The summed E-state index contributed by atoms with van der Waals surface area (Å²) >= 11 is 10.5. The van der Waals surface area contributed by atoms with E-state index in [0.717, 1.165) is 11.4 Å². The van der Waals surface area contributed by atoms with Gasteiger partial charge in [0.2, 0.25) is 0 Å². The maximum Gasteiger partial charge on any atom is 0.277 e. The summed E-state index contributed by atoms with van der Waals surface area (Å²) in [4.78, 5) is 0. The van der Waals surface area contributed by atoms with E-state index in [0.29, 0.717) is 6.61 Å². The highest BCUT2D eigenvalue weighted by atomic mass is 35.9. The predicted octanol–water partition coefficient (Wildman–Crippen LogP) is 4.35. The van der Waals surface area contributed by atoms with Crippen molar-refractivity contribution in [3.63, 3.8) is 0 Å². The minimum atomic E-state index is -3.15. The lowest BCUT2D eigenvalue weighted by Gasteiger charge is -2.00. The molecular weight excluding hydrogens is 242 g/mol. The molecule has 0 saturated heterocycles. The van der Waals surface area contributed by atoms with Gasteiger partial charge in [-0.15, -0.1) is 0 Å². The van der Waals surface area contributed by atoms with Crippen LogP contribution in [0.25, 0.3) is 0 Å². The molecule has 76 valence electrons. The van der Waals surface area contributed by atoms with Crippen molar-refractivity contribution in [3.05, 3.63) is 48.0 Å². The summed E-state index contributed by atoms with van der Waals surface area (Å²) in [7, 11) is 0. The molecule has 1 rings (SSSR count). The highest BCUT2D eigenvalue weighted by Gasteiger charge is 2.06. The number of rotatable bonds is 4. The fraction of sp³-hybridized carbons (Fsp3) is 0.111. The summed E-state index contributed by atoms with van der Waals surface area (Å²) in [6.07, 6.45) is 1.26. The Bertz CT molecular complexity index is 345. The SMILES string of the molecule is O=P(Cl)(Cl)C=COCc1ccccc1. The van der Waals surface area contributed by atoms with Gasteiger partial charge in [-0.25, -0.2) is 0 Å². The Kier molecular flexibility index (Phi) is 4.53. The first kappa shape index (κ1) is 11.6. The largest absolute Gasteiger partial charge is 0.496 e. The van der Waals surface area contributed by atoms with Gasteiger partial charge >= 0.3 is 0 Å². The zero-order valence-corrected chi connectivity index (χ0v) is 9.67. The van der Waals surface area contributed by atoms with Crippen LogP contribution in [0, 0.1) is 0 Å². The molecule has 0 aliphatic carbocycles. The van der Waals surface area contributed by atoms with Crippen molar-refractivity contribution in [3.8, 4) is 0 Å². The number of hydrogen-bond acceptors (Lipinski definition) is 2. The molecule has 0 unspecified atom stereocenters. The summed E-state index contributed by atoms with van der Waals surface area (Å²) in [6, 6.07) is 9.60. The lowest BCUT2D eigenvalue weighted by molar-refractivity contribution is 0.237. The average Bonchev–Trinajstić information content (AvgIpc) is 2.13. The first-order valence-corrected chi connectivity index (χ1v) is 7.49. The number of hydrogen-bond donors (Lipinski definition) is 0. The number of halogens is 2. The lowest BCUT2D eigenvalue weighted by atomic mass is 10.2. The van der Waals surface area contributed by atoms with E-state index in [1.807, 2.05) is 30.3 Å². The van der Waals surface area contributed by atoms with Crippen LogP contribution in [0.1, 0.15) is 5.56 Å². The van der Waals surface area contributed by atoms with Crippen molar-refractivity contribution in [2.24, 2.45) is 0 Å². The molecule has 2 nitrogen and oxygen atoms in total. The third-order valence-corrected chi connectivity index (χ3v) is 2.57. The minimum Gasteiger partial charge on any atom is -0.496 e. The predicted molar refractivity (Wildman–Crippen MR) is 59.7 cm³/mol. The van der Waals surface area contributed by atoms with Crippen LogP contribution >= 0.6 is 28.3 Å². The average molecular weight is 251 g/mol. The van der Waals surface area contributed by atoms with E-state index < -0.39 is 5.85 Å². The third kappa shape index (κ3) is 5.33. The maximum absolute atomic E-state index is 10.8. The van der Waals surface area contributed by atoms with Gasteiger partial charge < -0.3 is 4.74 Å². The van der Waals surface area contributed by atoms with Crippen LogP contribution in [-0.4, -0.2) is 0 Å². The van der Waals surface area contributed by atoms with Crippen LogP contribution < -0.4 is 0 Å². The molecule has 0 aliphatic heterocycles. The van der Waals surface area contributed by atoms with E-state index >= 15 is 0 Å². The van der Waals surface area contributed by atoms with E-state index in [4.69, 9.17) is 27.2 Å². The van der Waals surface area contributed by atoms with E-state index in [2.05, 4.69) is 0 Å². The first-order valence-electron chi connectivity index (χ1n) is 3.90. The smallest absolute Gasteiger partial charge is 0.277 e. The molecule has 14 heavy (non-hydrogen) atoms. The van der Waals surface area contributed by atoms with Gasteiger partial charge in [0.15, 0.2) is 0 Å². The summed E-state index contributed by atoms with van der Waals surface area (Å²) in [5.41, 5.74) is 1.02. The highest BCUT2D eigenvalue weighted by molar-refractivity contribution is 8.10. The molecule has 0 radical (unpaired) electrons. The van der Waals surface area contributed by atoms with Crippen LogP contribution in [-0.2, 0) is 15.9 Å². The minimum absolute atomic E-state index is 0.408. The van der Waals surface area contributed by atoms with Crippen LogP contribution in [0.3, 0.4) is 0 Å². The second-order valence-corrected chi connectivity index (χ2v) is 7.42. The fourth-order valence-electron chi connectivity index (χ4n) is 0.832. The molecule has 1 aromatic carbocycles. The molecule has 0 atom stereocenters. The van der Waals surface area contributed by atoms with Crippen LogP contribution in [0.15, 0.2) is 42.4 Å². The summed E-state index contributed by atoms with van der Waals surface area (Å²) in [5.74, 6) is -2.00. The molecule has 0 bridgehead atoms. The Morgan fingerprint density at radius 3 is 2.50 bits per heavy atom. The molecule has 0 spiro atoms. The van der Waals surface area contributed by atoms with Gasteiger partial charge in [-0.05, 0) is 28.0 Å². The van der Waals surface area contributed by atoms with Gasteiger partial charge in [-0.3, -0.25) is 4.57 Å². The molecular formula is C9H9Cl2O2P. The molecule has 0 aliphatic rings. The van der Waals surface area contributed by atoms with E-state index in [1.165, 1.54) is 6.26 Å². The monoisotopic (exact) mass is 250 g/mol. The van der Waals surface area contributed by atoms with Gasteiger partial charge in [0.05, 0.1) is 6.26 Å². The molecule has 0 heterocycles. The van der Waals surface area contributed by atoms with Crippen LogP contribution in [0.2, 0.25) is 0 Å². The van der Waals surface area contributed by atoms with Crippen molar-refractivity contribution < 1.29 is 9.30 Å². The van der Waals surface area contributed by atoms with E-state index in [9.17, 15) is 4.57 Å². The fourth-order valence-corrected chi connectivity index (χ4v) is 1.34. The standard InChI is InChI=1S/C9H9Cl2O2P/c10-14(11,12)7-6-13-8-9-4-2-1-3-5-9/h1-7H,8H2. The zero-order valence-electron chi connectivity index (χ0n) is 7.27. The lowest BCUT2D eigenvalue weighted by Crippen LogP contribution is -1.84. The van der Waals surface area contributed by atoms with Gasteiger partial charge in [-0.1, -0.05) is 30.3 Å². The first-order chi connectivity index (χ1) is 6.58. The third-order valence-electron chi connectivity index (χ3n) is 1.42. The molecule has 0 amide bonds. The van der Waals surface area contributed by atoms with Gasteiger partial charge in [0.25, 0.3) is 5.85 Å². The van der Waals surface area contributed by atoms with E-state index in [1.54, 1.807) is 0 Å². The topological polar surface area (TPSA) is 26.3 Å². The molecule has 1 aromatic rings. The van der Waals surface area contributed by atoms with Gasteiger partial charge in [0, 0.05) is 5.82 Å². The Morgan fingerprint density at radius 2 is 1.93 bits per heavy atom. The molecule has 0 saturated carbocycles. The molecule has 5 heteroatoms. The Labute approximate surface area is 92.4 Å². The second-order valence-electron chi connectivity index (χ2n) is 2.58. The normalized spacial score (nSPS) is 11.9. The van der Waals surface area contributed by atoms with Crippen LogP contribution in [0.5, 0.6) is 0 Å². The molecule has 0 aromatic heterocycles. The molecule has 0 N–H and O–H groups in total. The maximum atomic E-state index is 10.8. The van der Waals surface area contributed by atoms with Crippen molar-refractivity contribution in [2.45, 2.75) is 6.61 Å².